The van der Waals surface area contributed by atoms with Crippen molar-refractivity contribution in [3.63, 3.8) is 0 Å². The van der Waals surface area contributed by atoms with Crippen LogP contribution in [0.2, 0.25) is 5.15 Å². The van der Waals surface area contributed by atoms with Crippen LogP contribution in [0.1, 0.15) is 24.2 Å². The lowest BCUT2D eigenvalue weighted by Gasteiger charge is -2.17. The summed E-state index contributed by atoms with van der Waals surface area (Å²) in [5.41, 5.74) is 1.71. The molecule has 19 heavy (non-hydrogen) atoms. The third-order valence-electron chi connectivity index (χ3n) is 2.85. The van der Waals surface area contributed by atoms with Gasteiger partial charge in [0.25, 0.3) is 0 Å². The molecule has 0 radical (unpaired) electrons. The number of halogens is 3. The number of benzene rings is 1. The van der Waals surface area contributed by atoms with E-state index in [1.165, 1.54) is 6.07 Å². The first-order valence-corrected chi connectivity index (χ1v) is 6.20. The van der Waals surface area contributed by atoms with Crippen molar-refractivity contribution in [2.45, 2.75) is 19.9 Å². The van der Waals surface area contributed by atoms with Gasteiger partial charge < -0.3 is 5.32 Å². The van der Waals surface area contributed by atoms with Crippen LogP contribution in [0.4, 0.5) is 14.5 Å². The summed E-state index contributed by atoms with van der Waals surface area (Å²) in [5.74, 6) is -0.906. The third kappa shape index (κ3) is 3.20. The highest BCUT2D eigenvalue weighted by Gasteiger charge is 2.13. The van der Waals surface area contributed by atoms with E-state index in [1.54, 1.807) is 26.0 Å². The SMILES string of the molecule is Cc1nc(Cl)ccc1NC(C)c1cc(F)ccc1F. The average molecular weight is 283 g/mol. The fourth-order valence-corrected chi connectivity index (χ4v) is 2.03. The fraction of sp³-hybridized carbons (Fsp3) is 0.214. The zero-order chi connectivity index (χ0) is 14.0. The molecule has 0 spiro atoms. The first kappa shape index (κ1) is 13.7. The third-order valence-corrected chi connectivity index (χ3v) is 3.06. The molecular weight excluding hydrogens is 270 g/mol. The molecule has 0 saturated carbocycles. The molecule has 1 heterocycles. The number of aryl methyl sites for hydroxylation is 1. The van der Waals surface area contributed by atoms with Gasteiger partial charge in [0, 0.05) is 5.56 Å². The highest BCUT2D eigenvalue weighted by molar-refractivity contribution is 6.29. The van der Waals surface area contributed by atoms with Crippen molar-refractivity contribution in [2.75, 3.05) is 5.32 Å². The second kappa shape index (κ2) is 5.53. The van der Waals surface area contributed by atoms with Gasteiger partial charge in [0.1, 0.15) is 16.8 Å². The van der Waals surface area contributed by atoms with Gasteiger partial charge in [-0.2, -0.15) is 0 Å². The second-order valence-corrected chi connectivity index (χ2v) is 4.69. The molecular formula is C14H13ClF2N2. The zero-order valence-electron chi connectivity index (χ0n) is 10.5. The fourth-order valence-electron chi connectivity index (χ4n) is 1.84. The summed E-state index contributed by atoms with van der Waals surface area (Å²) in [6.07, 6.45) is 0. The van der Waals surface area contributed by atoms with Gasteiger partial charge in [0.05, 0.1) is 17.4 Å². The molecule has 0 saturated heterocycles. The first-order chi connectivity index (χ1) is 8.97. The Labute approximate surface area is 115 Å². The number of pyridine rings is 1. The molecule has 1 unspecified atom stereocenters. The monoisotopic (exact) mass is 282 g/mol. The lowest BCUT2D eigenvalue weighted by Crippen LogP contribution is -2.10. The molecule has 2 aromatic rings. The molecule has 0 aliphatic carbocycles. The highest BCUT2D eigenvalue weighted by atomic mass is 35.5. The Morgan fingerprint density at radius 1 is 1.21 bits per heavy atom. The lowest BCUT2D eigenvalue weighted by molar-refractivity contribution is 0.577. The van der Waals surface area contributed by atoms with Gasteiger partial charge in [0.15, 0.2) is 0 Å². The van der Waals surface area contributed by atoms with Gasteiger partial charge in [-0.3, -0.25) is 0 Å². The Kier molecular flexibility index (Phi) is 4.00. The van der Waals surface area contributed by atoms with Crippen LogP contribution in [-0.2, 0) is 0 Å². The molecule has 1 aromatic carbocycles. The zero-order valence-corrected chi connectivity index (χ0v) is 11.3. The Morgan fingerprint density at radius 3 is 2.63 bits per heavy atom. The van der Waals surface area contributed by atoms with E-state index in [0.717, 1.165) is 17.8 Å². The van der Waals surface area contributed by atoms with Crippen LogP contribution in [0.25, 0.3) is 0 Å². The second-order valence-electron chi connectivity index (χ2n) is 4.30. The molecule has 100 valence electrons. The van der Waals surface area contributed by atoms with Gasteiger partial charge >= 0.3 is 0 Å². The molecule has 2 nitrogen and oxygen atoms in total. The molecule has 0 amide bonds. The van der Waals surface area contributed by atoms with E-state index < -0.39 is 11.6 Å². The van der Waals surface area contributed by atoms with Gasteiger partial charge in [0.2, 0.25) is 0 Å². The molecule has 0 aliphatic heterocycles. The number of hydrogen-bond donors (Lipinski definition) is 1. The predicted octanol–water partition coefficient (Wildman–Crippen LogP) is 4.49. The largest absolute Gasteiger partial charge is 0.377 e. The van der Waals surface area contributed by atoms with Crippen molar-refractivity contribution in [3.8, 4) is 0 Å². The minimum absolute atomic E-state index is 0.273. The van der Waals surface area contributed by atoms with Crippen LogP contribution in [0, 0.1) is 18.6 Å². The lowest BCUT2D eigenvalue weighted by atomic mass is 10.1. The van der Waals surface area contributed by atoms with Crippen LogP contribution in [-0.4, -0.2) is 4.98 Å². The summed E-state index contributed by atoms with van der Waals surface area (Å²) >= 11 is 5.77. The van der Waals surface area contributed by atoms with Crippen LogP contribution < -0.4 is 5.32 Å². The number of rotatable bonds is 3. The maximum Gasteiger partial charge on any atom is 0.129 e. The van der Waals surface area contributed by atoms with E-state index in [-0.39, 0.29) is 11.6 Å². The van der Waals surface area contributed by atoms with Crippen molar-refractivity contribution in [1.29, 1.82) is 0 Å². The smallest absolute Gasteiger partial charge is 0.129 e. The standard InChI is InChI=1S/C14H13ClF2N2/c1-8(11-7-10(16)3-4-12(11)17)18-13-5-6-14(15)19-9(13)2/h3-8,18H,1-2H3. The Hall–Kier alpha value is -1.68. The van der Waals surface area contributed by atoms with E-state index in [1.807, 2.05) is 0 Å². The number of anilines is 1. The summed E-state index contributed by atoms with van der Waals surface area (Å²) in [6.45, 7) is 3.55. The number of nitrogens with one attached hydrogen (secondary N) is 1. The maximum absolute atomic E-state index is 13.6. The van der Waals surface area contributed by atoms with E-state index in [2.05, 4.69) is 10.3 Å². The summed E-state index contributed by atoms with van der Waals surface area (Å²) < 4.78 is 26.8. The maximum atomic E-state index is 13.6. The van der Waals surface area contributed by atoms with E-state index >= 15 is 0 Å². The molecule has 1 aromatic heterocycles. The van der Waals surface area contributed by atoms with Crippen molar-refractivity contribution in [3.05, 3.63) is 58.4 Å². The minimum atomic E-state index is -0.462. The Bertz CT molecular complexity index is 602. The first-order valence-electron chi connectivity index (χ1n) is 5.82. The summed E-state index contributed by atoms with van der Waals surface area (Å²) in [6, 6.07) is 6.43. The number of hydrogen-bond acceptors (Lipinski definition) is 2. The van der Waals surface area contributed by atoms with Crippen molar-refractivity contribution >= 4 is 17.3 Å². The van der Waals surface area contributed by atoms with Crippen molar-refractivity contribution in [2.24, 2.45) is 0 Å². The summed E-state index contributed by atoms with van der Waals surface area (Å²) in [5, 5.41) is 3.49. The summed E-state index contributed by atoms with van der Waals surface area (Å²) in [4.78, 5) is 4.10. The number of aromatic nitrogens is 1. The van der Waals surface area contributed by atoms with Crippen LogP contribution in [0.15, 0.2) is 30.3 Å². The predicted molar refractivity (Wildman–Crippen MR) is 72.4 cm³/mol. The highest BCUT2D eigenvalue weighted by Crippen LogP contribution is 2.24. The van der Waals surface area contributed by atoms with E-state index in [0.29, 0.717) is 10.8 Å². The molecule has 0 aliphatic rings. The Morgan fingerprint density at radius 2 is 1.95 bits per heavy atom. The molecule has 2 rings (SSSR count). The quantitative estimate of drug-likeness (QED) is 0.839. The average Bonchev–Trinajstić information content (AvgIpc) is 2.35. The van der Waals surface area contributed by atoms with Gasteiger partial charge in [-0.05, 0) is 44.2 Å². The van der Waals surface area contributed by atoms with Gasteiger partial charge in [-0.1, -0.05) is 11.6 Å². The van der Waals surface area contributed by atoms with Crippen molar-refractivity contribution < 1.29 is 8.78 Å². The van der Waals surface area contributed by atoms with Gasteiger partial charge in [-0.15, -0.1) is 0 Å². The van der Waals surface area contributed by atoms with Gasteiger partial charge in [-0.25, -0.2) is 13.8 Å². The molecule has 0 fully saturated rings. The van der Waals surface area contributed by atoms with Crippen LogP contribution >= 0.6 is 11.6 Å². The van der Waals surface area contributed by atoms with E-state index in [9.17, 15) is 8.78 Å². The topological polar surface area (TPSA) is 24.9 Å². The normalized spacial score (nSPS) is 12.3. The number of nitrogens with zero attached hydrogens (tertiary/aromatic N) is 1. The molecule has 1 atom stereocenters. The minimum Gasteiger partial charge on any atom is -0.377 e. The molecule has 5 heteroatoms. The van der Waals surface area contributed by atoms with Crippen LogP contribution in [0.3, 0.4) is 0 Å². The summed E-state index contributed by atoms with van der Waals surface area (Å²) in [7, 11) is 0. The van der Waals surface area contributed by atoms with Crippen LogP contribution in [0.5, 0.6) is 0 Å². The molecule has 0 bridgehead atoms. The molecule has 1 N–H and O–H groups in total. The Balaban J connectivity index is 2.25. The van der Waals surface area contributed by atoms with E-state index in [4.69, 9.17) is 11.6 Å². The van der Waals surface area contributed by atoms with Crippen molar-refractivity contribution in [1.82, 2.24) is 4.98 Å².